The zero-order chi connectivity index (χ0) is 16.3. The van der Waals surface area contributed by atoms with Gasteiger partial charge in [-0.2, -0.15) is 0 Å². The van der Waals surface area contributed by atoms with E-state index in [9.17, 15) is 0 Å². The molecule has 0 saturated carbocycles. The number of halogens is 1. The summed E-state index contributed by atoms with van der Waals surface area (Å²) in [7, 11) is 3.51. The summed E-state index contributed by atoms with van der Waals surface area (Å²) in [6.07, 6.45) is 0.960. The first-order valence-corrected chi connectivity index (χ1v) is 8.19. The molecule has 0 aromatic heterocycles. The minimum atomic E-state index is 0. The molecule has 0 aliphatic carbocycles. The molecule has 0 unspecified atom stereocenters. The number of nitrogens with zero attached hydrogens (tertiary/aromatic N) is 2. The van der Waals surface area contributed by atoms with E-state index in [1.807, 2.05) is 0 Å². The van der Waals surface area contributed by atoms with Crippen LogP contribution in [0.5, 0.6) is 0 Å². The van der Waals surface area contributed by atoms with Crippen molar-refractivity contribution in [3.05, 3.63) is 29.8 Å². The van der Waals surface area contributed by atoms with Gasteiger partial charge in [0.25, 0.3) is 0 Å². The van der Waals surface area contributed by atoms with Crippen LogP contribution in [0.2, 0.25) is 0 Å². The molecule has 1 aromatic carbocycles. The highest BCUT2D eigenvalue weighted by Gasteiger charge is 2.14. The number of anilines is 1. The number of hydrogen-bond acceptors (Lipinski definition) is 4. The summed E-state index contributed by atoms with van der Waals surface area (Å²) in [5.41, 5.74) is 2.55. The van der Waals surface area contributed by atoms with Gasteiger partial charge in [-0.3, -0.25) is 4.99 Å². The molecule has 1 aliphatic heterocycles. The molecule has 1 saturated heterocycles. The molecule has 1 aliphatic rings. The number of nitrogens with one attached hydrogen (secondary N) is 2. The third-order valence-electron chi connectivity index (χ3n) is 3.83. The average Bonchev–Trinajstić information content (AvgIpc) is 2.62. The van der Waals surface area contributed by atoms with Crippen molar-refractivity contribution < 1.29 is 9.47 Å². The van der Waals surface area contributed by atoms with Crippen molar-refractivity contribution >= 4 is 35.6 Å². The van der Waals surface area contributed by atoms with Crippen LogP contribution in [0, 0.1) is 0 Å². The normalized spacial score (nSPS) is 14.9. The van der Waals surface area contributed by atoms with E-state index in [4.69, 9.17) is 9.47 Å². The standard InChI is InChI=1S/C17H28N4O2.HI/c1-18-17(19-8-5-11-22-2)20-14-15-6-3-4-7-16(15)21-9-12-23-13-10-21;/h3-4,6-7H,5,8-14H2,1-2H3,(H2,18,19,20);1H. The van der Waals surface area contributed by atoms with Gasteiger partial charge in [-0.25, -0.2) is 0 Å². The number of para-hydroxylation sites is 1. The van der Waals surface area contributed by atoms with Gasteiger partial charge >= 0.3 is 0 Å². The van der Waals surface area contributed by atoms with Crippen molar-refractivity contribution in [3.63, 3.8) is 0 Å². The second-order valence-corrected chi connectivity index (χ2v) is 5.43. The van der Waals surface area contributed by atoms with E-state index in [-0.39, 0.29) is 24.0 Å². The molecule has 0 amide bonds. The minimum Gasteiger partial charge on any atom is -0.385 e. The van der Waals surface area contributed by atoms with Gasteiger partial charge in [-0.05, 0) is 18.1 Å². The number of methoxy groups -OCH3 is 1. The summed E-state index contributed by atoms with van der Waals surface area (Å²) in [5, 5.41) is 6.68. The van der Waals surface area contributed by atoms with Crippen LogP contribution in [0.3, 0.4) is 0 Å². The van der Waals surface area contributed by atoms with Gasteiger partial charge in [0.15, 0.2) is 5.96 Å². The molecule has 1 fully saturated rings. The van der Waals surface area contributed by atoms with E-state index >= 15 is 0 Å². The zero-order valence-corrected chi connectivity index (χ0v) is 16.9. The van der Waals surface area contributed by atoms with Crippen molar-refractivity contribution in [1.29, 1.82) is 0 Å². The maximum absolute atomic E-state index is 5.44. The molecule has 24 heavy (non-hydrogen) atoms. The Labute approximate surface area is 162 Å². The highest BCUT2D eigenvalue weighted by Crippen LogP contribution is 2.21. The van der Waals surface area contributed by atoms with Crippen LogP contribution in [-0.2, 0) is 16.0 Å². The van der Waals surface area contributed by atoms with Crippen LogP contribution in [-0.4, -0.2) is 59.6 Å². The van der Waals surface area contributed by atoms with Crippen molar-refractivity contribution in [2.75, 3.05) is 58.5 Å². The summed E-state index contributed by atoms with van der Waals surface area (Å²) < 4.78 is 10.5. The first-order valence-electron chi connectivity index (χ1n) is 8.19. The molecule has 0 atom stereocenters. The van der Waals surface area contributed by atoms with Crippen molar-refractivity contribution in [1.82, 2.24) is 10.6 Å². The number of aliphatic imine (C=N–C) groups is 1. The molecule has 2 rings (SSSR count). The van der Waals surface area contributed by atoms with Crippen LogP contribution < -0.4 is 15.5 Å². The van der Waals surface area contributed by atoms with E-state index in [1.165, 1.54) is 11.3 Å². The van der Waals surface area contributed by atoms with Crippen molar-refractivity contribution in [2.45, 2.75) is 13.0 Å². The fourth-order valence-electron chi connectivity index (χ4n) is 2.60. The van der Waals surface area contributed by atoms with Gasteiger partial charge in [0.05, 0.1) is 13.2 Å². The second kappa shape index (κ2) is 12.3. The predicted molar refractivity (Wildman–Crippen MR) is 110 cm³/mol. The maximum Gasteiger partial charge on any atom is 0.191 e. The zero-order valence-electron chi connectivity index (χ0n) is 14.6. The molecular formula is C17H29IN4O2. The van der Waals surface area contributed by atoms with Gasteiger partial charge in [0, 0.05) is 52.6 Å². The van der Waals surface area contributed by atoms with Gasteiger partial charge in [-0.15, -0.1) is 24.0 Å². The number of morpholine rings is 1. The molecule has 2 N–H and O–H groups in total. The Kier molecular flexibility index (Phi) is 10.8. The predicted octanol–water partition coefficient (Wildman–Crippen LogP) is 1.84. The average molecular weight is 448 g/mol. The first-order chi connectivity index (χ1) is 11.3. The summed E-state index contributed by atoms with van der Waals surface area (Å²) >= 11 is 0. The van der Waals surface area contributed by atoms with E-state index < -0.39 is 0 Å². The van der Waals surface area contributed by atoms with Crippen LogP contribution in [0.15, 0.2) is 29.3 Å². The van der Waals surface area contributed by atoms with Gasteiger partial charge in [0.1, 0.15) is 0 Å². The number of benzene rings is 1. The quantitative estimate of drug-likeness (QED) is 0.289. The van der Waals surface area contributed by atoms with Crippen LogP contribution in [0.1, 0.15) is 12.0 Å². The Hall–Kier alpha value is -1.06. The fraction of sp³-hybridized carbons (Fsp3) is 0.588. The lowest BCUT2D eigenvalue weighted by molar-refractivity contribution is 0.122. The molecular weight excluding hydrogens is 419 g/mol. The Morgan fingerprint density at radius 3 is 2.71 bits per heavy atom. The first kappa shape index (κ1) is 21.0. The number of hydrogen-bond donors (Lipinski definition) is 2. The largest absolute Gasteiger partial charge is 0.385 e. The van der Waals surface area contributed by atoms with E-state index in [1.54, 1.807) is 14.2 Å². The molecule has 1 heterocycles. The van der Waals surface area contributed by atoms with Crippen molar-refractivity contribution in [3.8, 4) is 0 Å². The van der Waals surface area contributed by atoms with Crippen LogP contribution in [0.25, 0.3) is 0 Å². The molecule has 0 radical (unpaired) electrons. The highest BCUT2D eigenvalue weighted by molar-refractivity contribution is 14.0. The van der Waals surface area contributed by atoms with E-state index in [0.717, 1.165) is 58.4 Å². The molecule has 0 spiro atoms. The summed E-state index contributed by atoms with van der Waals surface area (Å²) in [5.74, 6) is 0.817. The van der Waals surface area contributed by atoms with Gasteiger partial charge < -0.3 is 25.0 Å². The van der Waals surface area contributed by atoms with E-state index in [0.29, 0.717) is 0 Å². The van der Waals surface area contributed by atoms with Gasteiger partial charge in [-0.1, -0.05) is 18.2 Å². The maximum atomic E-state index is 5.44. The van der Waals surface area contributed by atoms with Crippen molar-refractivity contribution in [2.24, 2.45) is 4.99 Å². The molecule has 1 aromatic rings. The molecule has 6 nitrogen and oxygen atoms in total. The molecule has 7 heteroatoms. The Balaban J connectivity index is 0.00000288. The molecule has 136 valence electrons. The Morgan fingerprint density at radius 2 is 2.00 bits per heavy atom. The lowest BCUT2D eigenvalue weighted by Gasteiger charge is -2.30. The number of ether oxygens (including phenoxy) is 2. The van der Waals surface area contributed by atoms with Crippen LogP contribution in [0.4, 0.5) is 5.69 Å². The van der Waals surface area contributed by atoms with Gasteiger partial charge in [0.2, 0.25) is 0 Å². The summed E-state index contributed by atoms with van der Waals surface area (Å²) in [6.45, 7) is 5.83. The third kappa shape index (κ3) is 6.82. The lowest BCUT2D eigenvalue weighted by Crippen LogP contribution is -2.39. The topological polar surface area (TPSA) is 58.1 Å². The lowest BCUT2D eigenvalue weighted by atomic mass is 10.1. The fourth-order valence-corrected chi connectivity index (χ4v) is 2.60. The monoisotopic (exact) mass is 448 g/mol. The van der Waals surface area contributed by atoms with E-state index in [2.05, 4.69) is 44.8 Å². The van der Waals surface area contributed by atoms with Crippen LogP contribution >= 0.6 is 24.0 Å². The second-order valence-electron chi connectivity index (χ2n) is 5.43. The Bertz CT molecular complexity index is 493. The number of guanidine groups is 1. The SMILES string of the molecule is CN=C(NCCCOC)NCc1ccccc1N1CCOCC1.I. The summed E-state index contributed by atoms with van der Waals surface area (Å²) in [4.78, 5) is 6.65. The third-order valence-corrected chi connectivity index (χ3v) is 3.83. The Morgan fingerprint density at radius 1 is 1.25 bits per heavy atom. The minimum absolute atomic E-state index is 0. The number of rotatable bonds is 7. The molecule has 0 bridgehead atoms. The highest BCUT2D eigenvalue weighted by atomic mass is 127. The summed E-state index contributed by atoms with van der Waals surface area (Å²) in [6, 6.07) is 8.51. The smallest absolute Gasteiger partial charge is 0.191 e.